The van der Waals surface area contributed by atoms with Crippen molar-refractivity contribution in [1.29, 1.82) is 0 Å². The van der Waals surface area contributed by atoms with Gasteiger partial charge in [-0.2, -0.15) is 0 Å². The normalized spacial score (nSPS) is 13.6. The first-order valence-corrected chi connectivity index (χ1v) is 6.11. The summed E-state index contributed by atoms with van der Waals surface area (Å²) in [7, 11) is 0. The van der Waals surface area contributed by atoms with Gasteiger partial charge in [0, 0.05) is 21.9 Å². The number of ether oxygens (including phenoxy) is 1. The van der Waals surface area contributed by atoms with E-state index in [-0.39, 0.29) is 0 Å². The number of hydrogen-bond donors (Lipinski definition) is 1. The number of nitrogens with two attached hydrogens (primary N) is 1. The van der Waals surface area contributed by atoms with Gasteiger partial charge in [-0.15, -0.1) is 11.3 Å². The highest BCUT2D eigenvalue weighted by Crippen LogP contribution is 2.39. The minimum Gasteiger partial charge on any atom is -0.493 e. The van der Waals surface area contributed by atoms with Gasteiger partial charge in [-0.3, -0.25) is 0 Å². The number of aromatic nitrogens is 1. The van der Waals surface area contributed by atoms with Crippen molar-refractivity contribution in [2.45, 2.75) is 6.42 Å². The van der Waals surface area contributed by atoms with Crippen LogP contribution in [0.25, 0.3) is 11.3 Å². The van der Waals surface area contributed by atoms with Gasteiger partial charge in [0.1, 0.15) is 5.75 Å². The Morgan fingerprint density at radius 1 is 1.44 bits per heavy atom. The van der Waals surface area contributed by atoms with E-state index in [0.29, 0.717) is 16.8 Å². The molecule has 1 aliphatic rings. The molecule has 82 valence electrons. The molecule has 5 heteroatoms. The lowest BCUT2D eigenvalue weighted by atomic mass is 10.1. The van der Waals surface area contributed by atoms with Crippen LogP contribution in [-0.2, 0) is 6.42 Å². The molecule has 3 nitrogen and oxygen atoms in total. The van der Waals surface area contributed by atoms with Crippen LogP contribution < -0.4 is 10.5 Å². The highest BCUT2D eigenvalue weighted by atomic mass is 35.5. The maximum Gasteiger partial charge on any atom is 0.180 e. The Kier molecular flexibility index (Phi) is 2.26. The summed E-state index contributed by atoms with van der Waals surface area (Å²) in [5, 5.41) is 1.28. The molecule has 0 unspecified atom stereocenters. The van der Waals surface area contributed by atoms with E-state index in [2.05, 4.69) is 4.98 Å². The maximum absolute atomic E-state index is 5.99. The Morgan fingerprint density at radius 3 is 3.19 bits per heavy atom. The van der Waals surface area contributed by atoms with Crippen molar-refractivity contribution in [2.75, 3.05) is 12.3 Å². The quantitative estimate of drug-likeness (QED) is 0.784. The molecule has 0 saturated carbocycles. The van der Waals surface area contributed by atoms with Crippen LogP contribution in [0, 0.1) is 0 Å². The predicted molar refractivity (Wildman–Crippen MR) is 66.2 cm³/mol. The van der Waals surface area contributed by atoms with Crippen molar-refractivity contribution < 1.29 is 4.74 Å². The van der Waals surface area contributed by atoms with E-state index >= 15 is 0 Å². The second-order valence-corrected chi connectivity index (χ2v) is 5.11. The van der Waals surface area contributed by atoms with Crippen LogP contribution in [0.3, 0.4) is 0 Å². The van der Waals surface area contributed by atoms with Crippen LogP contribution in [-0.4, -0.2) is 11.6 Å². The zero-order chi connectivity index (χ0) is 11.1. The second-order valence-electron chi connectivity index (χ2n) is 3.56. The van der Waals surface area contributed by atoms with Gasteiger partial charge < -0.3 is 10.5 Å². The molecule has 0 fully saturated rings. The number of anilines is 1. The average Bonchev–Trinajstić information content (AvgIpc) is 2.54. The molecule has 0 spiro atoms. The SMILES string of the molecule is Nc1nc2c(s1)CCOc1ccc(Cl)cc1-2. The highest BCUT2D eigenvalue weighted by Gasteiger charge is 2.19. The van der Waals surface area contributed by atoms with Gasteiger partial charge >= 0.3 is 0 Å². The molecule has 0 amide bonds. The van der Waals surface area contributed by atoms with E-state index in [1.165, 1.54) is 16.2 Å². The third-order valence-electron chi connectivity index (χ3n) is 2.50. The summed E-state index contributed by atoms with van der Waals surface area (Å²) in [4.78, 5) is 5.52. The molecule has 2 N–H and O–H groups in total. The molecule has 1 aliphatic heterocycles. The van der Waals surface area contributed by atoms with Crippen molar-refractivity contribution in [2.24, 2.45) is 0 Å². The Balaban J connectivity index is 2.27. The number of rotatable bonds is 0. The van der Waals surface area contributed by atoms with Crippen LogP contribution >= 0.6 is 22.9 Å². The van der Waals surface area contributed by atoms with E-state index in [1.807, 2.05) is 18.2 Å². The van der Waals surface area contributed by atoms with E-state index in [0.717, 1.165) is 23.4 Å². The van der Waals surface area contributed by atoms with Gasteiger partial charge in [-0.05, 0) is 18.2 Å². The molecule has 0 radical (unpaired) electrons. The van der Waals surface area contributed by atoms with Gasteiger partial charge in [0.15, 0.2) is 5.13 Å². The third kappa shape index (κ3) is 1.54. The molecule has 0 bridgehead atoms. The van der Waals surface area contributed by atoms with E-state index in [1.54, 1.807) is 0 Å². The summed E-state index contributed by atoms with van der Waals surface area (Å²) in [6.45, 7) is 0.656. The lowest BCUT2D eigenvalue weighted by Crippen LogP contribution is -1.97. The largest absolute Gasteiger partial charge is 0.493 e. The molecular weight excluding hydrogens is 244 g/mol. The predicted octanol–water partition coefficient (Wildman–Crippen LogP) is 2.98. The molecule has 3 rings (SSSR count). The number of fused-ring (bicyclic) bond motifs is 3. The van der Waals surface area contributed by atoms with E-state index < -0.39 is 0 Å². The second kappa shape index (κ2) is 3.64. The number of nitrogen functional groups attached to an aromatic ring is 1. The van der Waals surface area contributed by atoms with Crippen LogP contribution in [0.2, 0.25) is 5.02 Å². The van der Waals surface area contributed by atoms with Gasteiger partial charge in [0.25, 0.3) is 0 Å². The molecule has 0 aliphatic carbocycles. The number of halogens is 1. The first kappa shape index (κ1) is 9.93. The fourth-order valence-corrected chi connectivity index (χ4v) is 2.82. The monoisotopic (exact) mass is 252 g/mol. The minimum atomic E-state index is 0.595. The molecule has 1 aromatic carbocycles. The molecule has 0 atom stereocenters. The first-order valence-electron chi connectivity index (χ1n) is 4.92. The zero-order valence-corrected chi connectivity index (χ0v) is 9.94. The Bertz CT molecular complexity index is 553. The summed E-state index contributed by atoms with van der Waals surface area (Å²) >= 11 is 7.51. The molecule has 2 aromatic rings. The number of nitrogens with zero attached hydrogens (tertiary/aromatic N) is 1. The molecule has 16 heavy (non-hydrogen) atoms. The Labute approximate surface area is 102 Å². The van der Waals surface area contributed by atoms with Gasteiger partial charge in [0.2, 0.25) is 0 Å². The molecule has 2 heterocycles. The fourth-order valence-electron chi connectivity index (χ4n) is 1.82. The summed E-state index contributed by atoms with van der Waals surface area (Å²) in [6.07, 6.45) is 0.844. The summed E-state index contributed by atoms with van der Waals surface area (Å²) in [5.74, 6) is 0.827. The third-order valence-corrected chi connectivity index (χ3v) is 3.68. The Morgan fingerprint density at radius 2 is 2.31 bits per heavy atom. The van der Waals surface area contributed by atoms with Crippen molar-refractivity contribution >= 4 is 28.1 Å². The fraction of sp³-hybridized carbons (Fsp3) is 0.182. The lowest BCUT2D eigenvalue weighted by Gasteiger charge is -2.06. The van der Waals surface area contributed by atoms with Crippen LogP contribution in [0.5, 0.6) is 5.75 Å². The number of thiazole rings is 1. The van der Waals surface area contributed by atoms with Crippen LogP contribution in [0.4, 0.5) is 5.13 Å². The van der Waals surface area contributed by atoms with Gasteiger partial charge in [0.05, 0.1) is 12.3 Å². The maximum atomic E-state index is 5.99. The lowest BCUT2D eigenvalue weighted by molar-refractivity contribution is 0.327. The summed E-state index contributed by atoms with van der Waals surface area (Å²) in [6, 6.07) is 5.57. The van der Waals surface area contributed by atoms with Crippen LogP contribution in [0.15, 0.2) is 18.2 Å². The number of hydrogen-bond acceptors (Lipinski definition) is 4. The standard InChI is InChI=1S/C11H9ClN2OS/c12-6-1-2-8-7(5-6)10-9(3-4-15-8)16-11(13)14-10/h1-2,5H,3-4H2,(H2,13,14). The van der Waals surface area contributed by atoms with Crippen molar-refractivity contribution in [3.05, 3.63) is 28.1 Å². The smallest absolute Gasteiger partial charge is 0.180 e. The molecular formula is C11H9ClN2OS. The van der Waals surface area contributed by atoms with Crippen LogP contribution in [0.1, 0.15) is 4.88 Å². The van der Waals surface area contributed by atoms with E-state index in [4.69, 9.17) is 22.1 Å². The minimum absolute atomic E-state index is 0.595. The average molecular weight is 253 g/mol. The van der Waals surface area contributed by atoms with Gasteiger partial charge in [-0.1, -0.05) is 11.6 Å². The summed E-state index contributed by atoms with van der Waals surface area (Å²) in [5.41, 5.74) is 7.59. The topological polar surface area (TPSA) is 48.1 Å². The van der Waals surface area contributed by atoms with Crippen molar-refractivity contribution in [3.63, 3.8) is 0 Å². The van der Waals surface area contributed by atoms with Crippen molar-refractivity contribution in [1.82, 2.24) is 4.98 Å². The summed E-state index contributed by atoms with van der Waals surface area (Å²) < 4.78 is 5.65. The first-order chi connectivity index (χ1) is 7.74. The zero-order valence-electron chi connectivity index (χ0n) is 8.37. The Hall–Kier alpha value is -1.26. The van der Waals surface area contributed by atoms with Crippen molar-refractivity contribution in [3.8, 4) is 17.0 Å². The molecule has 0 saturated heterocycles. The highest BCUT2D eigenvalue weighted by molar-refractivity contribution is 7.15. The van der Waals surface area contributed by atoms with E-state index in [9.17, 15) is 0 Å². The molecule has 1 aromatic heterocycles. The number of benzene rings is 1. The van der Waals surface area contributed by atoms with Gasteiger partial charge in [-0.25, -0.2) is 4.98 Å².